The highest BCUT2D eigenvalue weighted by molar-refractivity contribution is 7.92. The number of hydrogen-bond donors (Lipinski definition) is 3. The SMILES string of the molecule is COc1c(NC(=O)Nc2ccc(-c3ccc(CN4CCOCC4)nc3)c3ccccc23)cc(C(C)(C)C)cc1NS(=O)(=O)c1ccccc1. The highest BCUT2D eigenvalue weighted by Gasteiger charge is 2.24. The molecule has 4 aromatic carbocycles. The number of benzene rings is 4. The Hall–Kier alpha value is -4.97. The number of hydrogen-bond acceptors (Lipinski definition) is 7. The number of carbonyl (C=O) groups is 1. The predicted molar refractivity (Wildman–Crippen MR) is 195 cm³/mol. The summed E-state index contributed by atoms with van der Waals surface area (Å²) in [4.78, 5) is 20.8. The Kier molecular flexibility index (Phi) is 9.86. The maximum atomic E-state index is 13.6. The van der Waals surface area contributed by atoms with Gasteiger partial charge in [-0.05, 0) is 58.3 Å². The minimum absolute atomic E-state index is 0.112. The molecule has 2 amide bonds. The van der Waals surface area contributed by atoms with Crippen LogP contribution in [-0.4, -0.2) is 57.7 Å². The summed E-state index contributed by atoms with van der Waals surface area (Å²) >= 11 is 0. The zero-order chi connectivity index (χ0) is 34.6. The first-order valence-corrected chi connectivity index (χ1v) is 17.7. The number of ether oxygens (including phenoxy) is 2. The molecule has 1 aliphatic rings. The first-order chi connectivity index (χ1) is 23.5. The molecule has 1 aromatic heterocycles. The van der Waals surface area contributed by atoms with Crippen molar-refractivity contribution in [1.29, 1.82) is 0 Å². The third kappa shape index (κ3) is 7.86. The summed E-state index contributed by atoms with van der Waals surface area (Å²) in [7, 11) is -2.50. The van der Waals surface area contributed by atoms with E-state index in [4.69, 9.17) is 14.5 Å². The van der Waals surface area contributed by atoms with E-state index in [-0.39, 0.29) is 21.7 Å². The number of sulfonamides is 1. The molecule has 1 fully saturated rings. The van der Waals surface area contributed by atoms with Crippen molar-refractivity contribution in [3.63, 3.8) is 0 Å². The lowest BCUT2D eigenvalue weighted by atomic mass is 9.86. The minimum Gasteiger partial charge on any atom is -0.492 e. The molecule has 3 N–H and O–H groups in total. The number of anilines is 3. The Morgan fingerprint density at radius 1 is 0.857 bits per heavy atom. The van der Waals surface area contributed by atoms with Gasteiger partial charge in [0.05, 0.1) is 48.0 Å². The van der Waals surface area contributed by atoms with Crippen molar-refractivity contribution in [1.82, 2.24) is 9.88 Å². The van der Waals surface area contributed by atoms with Crippen molar-refractivity contribution in [3.05, 3.63) is 108 Å². The van der Waals surface area contributed by atoms with Gasteiger partial charge in [0.25, 0.3) is 10.0 Å². The van der Waals surface area contributed by atoms with Crippen molar-refractivity contribution in [2.75, 3.05) is 48.8 Å². The number of morpholine rings is 1. The quantitative estimate of drug-likeness (QED) is 0.148. The molecule has 0 radical (unpaired) electrons. The normalized spacial score (nSPS) is 14.0. The van der Waals surface area contributed by atoms with Crippen molar-refractivity contribution >= 4 is 43.9 Å². The molecular formula is C38H41N5O5S. The molecule has 0 unspecified atom stereocenters. The average Bonchev–Trinajstić information content (AvgIpc) is 3.09. The smallest absolute Gasteiger partial charge is 0.323 e. The number of carbonyl (C=O) groups excluding carboxylic acids is 1. The third-order valence-corrected chi connectivity index (χ3v) is 9.88. The highest BCUT2D eigenvalue weighted by Crippen LogP contribution is 2.40. The number of rotatable bonds is 9. The number of nitrogens with one attached hydrogen (secondary N) is 3. The monoisotopic (exact) mass is 679 g/mol. The van der Waals surface area contributed by atoms with Crippen molar-refractivity contribution in [3.8, 4) is 16.9 Å². The van der Waals surface area contributed by atoms with E-state index in [0.717, 1.165) is 66.0 Å². The number of aromatic nitrogens is 1. The van der Waals surface area contributed by atoms with Gasteiger partial charge in [-0.1, -0.05) is 75.4 Å². The van der Waals surface area contributed by atoms with E-state index in [9.17, 15) is 13.2 Å². The van der Waals surface area contributed by atoms with E-state index in [0.29, 0.717) is 11.4 Å². The lowest BCUT2D eigenvalue weighted by molar-refractivity contribution is 0.0336. The Balaban J connectivity index is 1.26. The van der Waals surface area contributed by atoms with Gasteiger partial charge in [0, 0.05) is 36.8 Å². The van der Waals surface area contributed by atoms with Gasteiger partial charge in [-0.2, -0.15) is 0 Å². The van der Waals surface area contributed by atoms with Crippen LogP contribution in [0.25, 0.3) is 21.9 Å². The summed E-state index contributed by atoms with van der Waals surface area (Å²) in [5.41, 5.74) is 4.57. The summed E-state index contributed by atoms with van der Waals surface area (Å²) in [5.74, 6) is 0.187. The minimum atomic E-state index is -3.93. The Bertz CT molecular complexity index is 2060. The van der Waals surface area contributed by atoms with Crippen LogP contribution in [0.2, 0.25) is 0 Å². The summed E-state index contributed by atoms with van der Waals surface area (Å²) in [6.07, 6.45) is 1.90. The van der Waals surface area contributed by atoms with Crippen LogP contribution in [0.3, 0.4) is 0 Å². The van der Waals surface area contributed by atoms with Gasteiger partial charge in [-0.25, -0.2) is 13.2 Å². The van der Waals surface area contributed by atoms with Crippen LogP contribution in [0.15, 0.2) is 102 Å². The van der Waals surface area contributed by atoms with E-state index >= 15 is 0 Å². The molecule has 2 heterocycles. The van der Waals surface area contributed by atoms with Crippen LogP contribution in [0, 0.1) is 0 Å². The first kappa shape index (κ1) is 33.9. The summed E-state index contributed by atoms with van der Waals surface area (Å²) < 4.78 is 40.4. The van der Waals surface area contributed by atoms with Crippen molar-refractivity contribution in [2.24, 2.45) is 0 Å². The van der Waals surface area contributed by atoms with Crippen LogP contribution in [0.1, 0.15) is 32.0 Å². The average molecular weight is 680 g/mol. The van der Waals surface area contributed by atoms with Gasteiger partial charge in [0.15, 0.2) is 5.75 Å². The molecular weight excluding hydrogens is 639 g/mol. The van der Waals surface area contributed by atoms with Gasteiger partial charge in [0.1, 0.15) is 0 Å². The number of urea groups is 1. The van der Waals surface area contributed by atoms with Gasteiger partial charge in [-0.15, -0.1) is 0 Å². The molecule has 10 nitrogen and oxygen atoms in total. The van der Waals surface area contributed by atoms with Crippen LogP contribution in [0.4, 0.5) is 21.9 Å². The van der Waals surface area contributed by atoms with Crippen LogP contribution in [0.5, 0.6) is 5.75 Å². The molecule has 0 atom stereocenters. The van der Waals surface area contributed by atoms with Crippen molar-refractivity contribution in [2.45, 2.75) is 37.6 Å². The lowest BCUT2D eigenvalue weighted by Gasteiger charge is -2.26. The second-order valence-electron chi connectivity index (χ2n) is 13.0. The van der Waals surface area contributed by atoms with E-state index < -0.39 is 16.1 Å². The fraction of sp³-hybridized carbons (Fsp3) is 0.263. The molecule has 0 spiro atoms. The molecule has 0 aliphatic carbocycles. The Morgan fingerprint density at radius 2 is 1.53 bits per heavy atom. The molecule has 11 heteroatoms. The van der Waals surface area contributed by atoms with Gasteiger partial charge < -0.3 is 20.1 Å². The van der Waals surface area contributed by atoms with Gasteiger partial charge >= 0.3 is 6.03 Å². The number of methoxy groups -OCH3 is 1. The van der Waals surface area contributed by atoms with Gasteiger partial charge in [-0.3, -0.25) is 14.6 Å². The van der Waals surface area contributed by atoms with E-state index in [1.54, 1.807) is 30.3 Å². The largest absolute Gasteiger partial charge is 0.492 e. The molecule has 49 heavy (non-hydrogen) atoms. The summed E-state index contributed by atoms with van der Waals surface area (Å²) in [6, 6.07) is 27.0. The number of nitrogens with zero attached hydrogens (tertiary/aromatic N) is 2. The van der Waals surface area contributed by atoms with E-state index in [1.807, 2.05) is 63.4 Å². The third-order valence-electron chi connectivity index (χ3n) is 8.50. The predicted octanol–water partition coefficient (Wildman–Crippen LogP) is 7.48. The second-order valence-corrected chi connectivity index (χ2v) is 14.7. The highest BCUT2D eigenvalue weighted by atomic mass is 32.2. The lowest BCUT2D eigenvalue weighted by Crippen LogP contribution is -2.35. The van der Waals surface area contributed by atoms with Crippen LogP contribution >= 0.6 is 0 Å². The molecule has 5 aromatic rings. The molecule has 1 aliphatic heterocycles. The van der Waals surface area contributed by atoms with E-state index in [2.05, 4.69) is 32.4 Å². The molecule has 6 rings (SSSR count). The fourth-order valence-electron chi connectivity index (χ4n) is 5.86. The standard InChI is InChI=1S/C38H41N5O5S/c1-38(2,3)27-22-34(36(47-4)35(23-27)42-49(45,46)29-10-6-5-7-11-29)41-37(44)40-33-17-16-30(31-12-8-9-13-32(31)33)26-14-15-28(39-24-26)25-43-18-20-48-21-19-43/h5-17,22-24,42H,18-21,25H2,1-4H3,(H2,40,41,44). The molecule has 0 saturated carbocycles. The summed E-state index contributed by atoms with van der Waals surface area (Å²) in [5, 5.41) is 7.73. The Labute approximate surface area is 287 Å². The Morgan fingerprint density at radius 3 is 2.20 bits per heavy atom. The van der Waals surface area contributed by atoms with Crippen molar-refractivity contribution < 1.29 is 22.7 Å². The zero-order valence-electron chi connectivity index (χ0n) is 28.1. The second kappa shape index (κ2) is 14.3. The fourth-order valence-corrected chi connectivity index (χ4v) is 6.93. The molecule has 0 bridgehead atoms. The number of amides is 2. The number of fused-ring (bicyclic) bond motifs is 1. The van der Waals surface area contributed by atoms with Gasteiger partial charge in [0.2, 0.25) is 0 Å². The van der Waals surface area contributed by atoms with E-state index in [1.165, 1.54) is 19.2 Å². The molecule has 1 saturated heterocycles. The summed E-state index contributed by atoms with van der Waals surface area (Å²) in [6.45, 7) is 10.1. The maximum absolute atomic E-state index is 13.6. The number of pyridine rings is 1. The first-order valence-electron chi connectivity index (χ1n) is 16.2. The topological polar surface area (TPSA) is 122 Å². The zero-order valence-corrected chi connectivity index (χ0v) is 28.9. The molecule has 254 valence electrons. The van der Waals surface area contributed by atoms with Crippen LogP contribution in [-0.2, 0) is 26.7 Å². The van der Waals surface area contributed by atoms with Crippen LogP contribution < -0.4 is 20.1 Å². The maximum Gasteiger partial charge on any atom is 0.323 e.